The minimum absolute atomic E-state index is 0.0552. The molecule has 0 aromatic rings. The molecule has 0 radical (unpaired) electrons. The number of unbranched alkanes of at least 4 members (excludes halogenated alkanes) is 18. The molecule has 0 aliphatic heterocycles. The number of allylic oxidation sites excluding steroid dienone is 18. The summed E-state index contributed by atoms with van der Waals surface area (Å²) in [5.74, 6) is -0.453. The smallest absolute Gasteiger partial charge is 0.306 e. The number of carbonyl (C=O) groups is 2. The lowest BCUT2D eigenvalue weighted by Gasteiger charge is -2.18. The fourth-order valence-electron chi connectivity index (χ4n) is 6.90. The van der Waals surface area contributed by atoms with E-state index < -0.39 is 6.10 Å². The second kappa shape index (κ2) is 53.9. The van der Waals surface area contributed by atoms with Crippen LogP contribution in [0.15, 0.2) is 109 Å². The molecular weight excluding hydrogens is 789 g/mol. The summed E-state index contributed by atoms with van der Waals surface area (Å²) in [6, 6.07) is 0. The van der Waals surface area contributed by atoms with Crippen LogP contribution in [-0.4, -0.2) is 37.9 Å². The summed E-state index contributed by atoms with van der Waals surface area (Å²) in [5, 5.41) is 0. The highest BCUT2D eigenvalue weighted by molar-refractivity contribution is 5.70. The van der Waals surface area contributed by atoms with Gasteiger partial charge in [-0.05, 0) is 122 Å². The first kappa shape index (κ1) is 60.6. The molecule has 0 saturated heterocycles. The SMILES string of the molecule is CC/C=C\C/C=C\C/C=C\C/C=C\CCCCCCC(=O)OCC(COCCCCCCCC/C=C\C/C=C\C/C=C\CC)OC(=O)CCCCCCC/C=C\C/C=C\CCCCC. The first-order valence-corrected chi connectivity index (χ1v) is 26.4. The largest absolute Gasteiger partial charge is 0.462 e. The molecule has 364 valence electrons. The highest BCUT2D eigenvalue weighted by Crippen LogP contribution is 2.13. The molecule has 5 nitrogen and oxygen atoms in total. The van der Waals surface area contributed by atoms with Gasteiger partial charge in [0.25, 0.3) is 0 Å². The van der Waals surface area contributed by atoms with Crippen LogP contribution in [0, 0.1) is 0 Å². The lowest BCUT2D eigenvalue weighted by atomic mass is 10.1. The van der Waals surface area contributed by atoms with Gasteiger partial charge in [-0.25, -0.2) is 0 Å². The highest BCUT2D eigenvalue weighted by atomic mass is 16.6. The third kappa shape index (κ3) is 51.2. The van der Waals surface area contributed by atoms with Crippen LogP contribution in [0.25, 0.3) is 0 Å². The number of carbonyl (C=O) groups excluding carboxylic acids is 2. The predicted octanol–water partition coefficient (Wildman–Crippen LogP) is 18.0. The molecule has 0 N–H and O–H groups in total. The number of rotatable bonds is 47. The number of ether oxygens (including phenoxy) is 3. The first-order chi connectivity index (χ1) is 31.6. The van der Waals surface area contributed by atoms with Crippen LogP contribution in [-0.2, 0) is 23.8 Å². The van der Waals surface area contributed by atoms with Crippen LogP contribution in [0.4, 0.5) is 0 Å². The van der Waals surface area contributed by atoms with Crippen molar-refractivity contribution in [1.82, 2.24) is 0 Å². The zero-order valence-corrected chi connectivity index (χ0v) is 41.8. The maximum absolute atomic E-state index is 12.8. The molecule has 0 spiro atoms. The van der Waals surface area contributed by atoms with Gasteiger partial charge < -0.3 is 14.2 Å². The van der Waals surface area contributed by atoms with Gasteiger partial charge in [0.2, 0.25) is 0 Å². The molecule has 0 aromatic heterocycles. The van der Waals surface area contributed by atoms with Crippen LogP contribution in [0.3, 0.4) is 0 Å². The van der Waals surface area contributed by atoms with Gasteiger partial charge in [-0.3, -0.25) is 9.59 Å². The van der Waals surface area contributed by atoms with Crippen molar-refractivity contribution in [1.29, 1.82) is 0 Å². The average molecular weight is 887 g/mol. The van der Waals surface area contributed by atoms with Gasteiger partial charge in [0.15, 0.2) is 6.10 Å². The molecule has 0 fully saturated rings. The molecule has 1 unspecified atom stereocenters. The summed E-state index contributed by atoms with van der Waals surface area (Å²) in [7, 11) is 0. The van der Waals surface area contributed by atoms with Crippen molar-refractivity contribution < 1.29 is 23.8 Å². The fourth-order valence-corrected chi connectivity index (χ4v) is 6.90. The maximum atomic E-state index is 12.8. The Balaban J connectivity index is 4.39. The maximum Gasteiger partial charge on any atom is 0.306 e. The van der Waals surface area contributed by atoms with Crippen molar-refractivity contribution in [3.63, 3.8) is 0 Å². The van der Waals surface area contributed by atoms with Gasteiger partial charge in [0.05, 0.1) is 6.61 Å². The quantitative estimate of drug-likeness (QED) is 0.0346. The predicted molar refractivity (Wildman–Crippen MR) is 279 cm³/mol. The van der Waals surface area contributed by atoms with Crippen LogP contribution in [0.1, 0.15) is 226 Å². The molecule has 0 saturated carbocycles. The molecule has 0 aliphatic rings. The lowest BCUT2D eigenvalue weighted by molar-refractivity contribution is -0.163. The third-order valence-corrected chi connectivity index (χ3v) is 10.8. The highest BCUT2D eigenvalue weighted by Gasteiger charge is 2.17. The average Bonchev–Trinajstić information content (AvgIpc) is 3.30. The van der Waals surface area contributed by atoms with E-state index in [1.54, 1.807) is 0 Å². The monoisotopic (exact) mass is 887 g/mol. The molecule has 0 aliphatic carbocycles. The van der Waals surface area contributed by atoms with Crippen molar-refractivity contribution >= 4 is 11.9 Å². The molecule has 1 atom stereocenters. The normalized spacial score (nSPS) is 13.1. The summed E-state index contributed by atoms with van der Waals surface area (Å²) in [5.41, 5.74) is 0. The van der Waals surface area contributed by atoms with E-state index in [0.717, 1.165) is 128 Å². The Kier molecular flexibility index (Phi) is 51.0. The fraction of sp³-hybridized carbons (Fsp3) is 0.661. The minimum atomic E-state index is -0.568. The Morgan fingerprint density at radius 1 is 0.359 bits per heavy atom. The first-order valence-electron chi connectivity index (χ1n) is 26.4. The van der Waals surface area contributed by atoms with E-state index in [4.69, 9.17) is 14.2 Å². The molecule has 0 aromatic carbocycles. The number of hydrogen-bond donors (Lipinski definition) is 0. The van der Waals surface area contributed by atoms with Gasteiger partial charge in [-0.15, -0.1) is 0 Å². The third-order valence-electron chi connectivity index (χ3n) is 10.8. The zero-order chi connectivity index (χ0) is 46.3. The Hall–Kier alpha value is -3.44. The summed E-state index contributed by atoms with van der Waals surface area (Å²) < 4.78 is 17.4. The van der Waals surface area contributed by atoms with Crippen LogP contribution in [0.2, 0.25) is 0 Å². The van der Waals surface area contributed by atoms with E-state index in [9.17, 15) is 9.59 Å². The zero-order valence-electron chi connectivity index (χ0n) is 41.8. The Morgan fingerprint density at radius 2 is 0.703 bits per heavy atom. The van der Waals surface area contributed by atoms with Crippen molar-refractivity contribution in [2.24, 2.45) is 0 Å². The molecule has 5 heteroatoms. The second-order valence-corrected chi connectivity index (χ2v) is 17.0. The standard InChI is InChI=1S/C59H98O5/c1-4-7-10-13-16-19-22-25-28-30-32-34-37-40-43-46-49-52-58(60)63-56-57(55-62-54-51-48-45-42-39-36-33-29-26-23-20-17-14-11-8-5-2)64-59(61)53-50-47-44-41-38-35-31-27-24-21-18-15-12-9-6-3/h7-8,10-11,16-21,25-29,31-32,34,57H,4-6,9,12-15,22-24,30,33,35-56H2,1-3H3/b10-7-,11-8-,19-16-,20-17-,21-18-,28-25-,29-26-,31-27-,34-32-. The van der Waals surface area contributed by atoms with E-state index in [-0.39, 0.29) is 25.2 Å². The molecular formula is C59H98O5. The summed E-state index contributed by atoms with van der Waals surface area (Å²) >= 11 is 0. The van der Waals surface area contributed by atoms with E-state index >= 15 is 0 Å². The summed E-state index contributed by atoms with van der Waals surface area (Å²) in [6.45, 7) is 7.50. The Bertz CT molecular complexity index is 1280. The second-order valence-electron chi connectivity index (χ2n) is 17.0. The van der Waals surface area contributed by atoms with Crippen molar-refractivity contribution in [3.8, 4) is 0 Å². The van der Waals surface area contributed by atoms with Crippen LogP contribution < -0.4 is 0 Å². The Labute approximate surface area is 395 Å². The van der Waals surface area contributed by atoms with E-state index in [1.165, 1.54) is 64.2 Å². The number of hydrogen-bond acceptors (Lipinski definition) is 5. The minimum Gasteiger partial charge on any atom is -0.462 e. The van der Waals surface area contributed by atoms with E-state index in [2.05, 4.69) is 130 Å². The molecule has 0 heterocycles. The Morgan fingerprint density at radius 3 is 1.12 bits per heavy atom. The lowest BCUT2D eigenvalue weighted by Crippen LogP contribution is -2.30. The van der Waals surface area contributed by atoms with E-state index in [1.807, 2.05) is 0 Å². The number of esters is 2. The molecule has 64 heavy (non-hydrogen) atoms. The molecule has 0 rings (SSSR count). The molecule has 0 bridgehead atoms. The molecule has 0 amide bonds. The van der Waals surface area contributed by atoms with Crippen LogP contribution >= 0.6 is 0 Å². The van der Waals surface area contributed by atoms with Crippen LogP contribution in [0.5, 0.6) is 0 Å². The van der Waals surface area contributed by atoms with Gasteiger partial charge in [0.1, 0.15) is 6.61 Å². The van der Waals surface area contributed by atoms with Crippen molar-refractivity contribution in [2.45, 2.75) is 232 Å². The van der Waals surface area contributed by atoms with Gasteiger partial charge in [0, 0.05) is 19.4 Å². The summed E-state index contributed by atoms with van der Waals surface area (Å²) in [4.78, 5) is 25.4. The topological polar surface area (TPSA) is 61.8 Å². The van der Waals surface area contributed by atoms with Gasteiger partial charge in [-0.2, -0.15) is 0 Å². The summed E-state index contributed by atoms with van der Waals surface area (Å²) in [6.07, 6.45) is 73.8. The van der Waals surface area contributed by atoms with Gasteiger partial charge >= 0.3 is 11.9 Å². The van der Waals surface area contributed by atoms with E-state index in [0.29, 0.717) is 19.4 Å². The van der Waals surface area contributed by atoms with Crippen molar-refractivity contribution in [3.05, 3.63) is 109 Å². The van der Waals surface area contributed by atoms with Gasteiger partial charge in [-0.1, -0.05) is 201 Å². The van der Waals surface area contributed by atoms with Crippen molar-refractivity contribution in [2.75, 3.05) is 19.8 Å².